The fourth-order valence-corrected chi connectivity index (χ4v) is 7.37. The molecule has 0 saturated heterocycles. The van der Waals surface area contributed by atoms with E-state index in [4.69, 9.17) is 4.98 Å². The second-order valence-electron chi connectivity index (χ2n) is 11.4. The minimum atomic E-state index is -0.553. The van der Waals surface area contributed by atoms with E-state index < -0.39 is 5.41 Å². The number of aromatic nitrogens is 3. The quantitative estimate of drug-likeness (QED) is 0.214. The molecule has 44 heavy (non-hydrogen) atoms. The van der Waals surface area contributed by atoms with Gasteiger partial charge >= 0.3 is 0 Å². The van der Waals surface area contributed by atoms with Crippen LogP contribution in [0.3, 0.4) is 0 Å². The molecule has 9 rings (SSSR count). The van der Waals surface area contributed by atoms with E-state index in [1.807, 2.05) is 30.6 Å². The van der Waals surface area contributed by atoms with Gasteiger partial charge in [0.25, 0.3) is 0 Å². The van der Waals surface area contributed by atoms with Crippen molar-refractivity contribution in [3.05, 3.63) is 186 Å². The van der Waals surface area contributed by atoms with E-state index >= 15 is 0 Å². The molecule has 0 bridgehead atoms. The summed E-state index contributed by atoms with van der Waals surface area (Å²) in [5, 5.41) is 2.46. The highest BCUT2D eigenvalue weighted by atomic mass is 15.0. The molecule has 1 aliphatic rings. The molecule has 0 atom stereocenters. The SMILES string of the molecule is c1ccc(-c2ccc3c4ccccc4n(-c4cccc(C5(c6ccccn6)c6ccccc6-c6ccccc65)c4)c3c2)nc1. The van der Waals surface area contributed by atoms with Gasteiger partial charge in [0.15, 0.2) is 0 Å². The lowest BCUT2D eigenvalue weighted by Crippen LogP contribution is -2.29. The molecule has 0 radical (unpaired) electrons. The van der Waals surface area contributed by atoms with Gasteiger partial charge in [-0.05, 0) is 76.3 Å². The molecule has 206 valence electrons. The van der Waals surface area contributed by atoms with Gasteiger partial charge in [0.2, 0.25) is 0 Å². The van der Waals surface area contributed by atoms with Crippen LogP contribution in [-0.2, 0) is 5.41 Å². The third-order valence-electron chi connectivity index (χ3n) is 9.17. The molecule has 0 spiro atoms. The number of para-hydroxylation sites is 1. The van der Waals surface area contributed by atoms with Crippen LogP contribution in [0.25, 0.3) is 49.9 Å². The first-order valence-electron chi connectivity index (χ1n) is 15.0. The lowest BCUT2D eigenvalue weighted by molar-refractivity contribution is 0.734. The number of hydrogen-bond acceptors (Lipinski definition) is 2. The molecule has 0 unspecified atom stereocenters. The number of hydrogen-bond donors (Lipinski definition) is 0. The van der Waals surface area contributed by atoms with Gasteiger partial charge in [0.1, 0.15) is 0 Å². The highest BCUT2D eigenvalue weighted by Crippen LogP contribution is 2.55. The predicted octanol–water partition coefficient (Wildman–Crippen LogP) is 9.60. The van der Waals surface area contributed by atoms with E-state index in [0.29, 0.717) is 0 Å². The van der Waals surface area contributed by atoms with Gasteiger partial charge in [-0.25, -0.2) is 0 Å². The number of benzene rings is 5. The van der Waals surface area contributed by atoms with E-state index in [0.717, 1.165) is 28.2 Å². The summed E-state index contributed by atoms with van der Waals surface area (Å²) in [6, 6.07) is 54.4. The lowest BCUT2D eigenvalue weighted by Gasteiger charge is -2.33. The van der Waals surface area contributed by atoms with Crippen molar-refractivity contribution in [2.75, 3.05) is 0 Å². The largest absolute Gasteiger partial charge is 0.309 e. The van der Waals surface area contributed by atoms with Crippen LogP contribution in [0.5, 0.6) is 0 Å². The standard InChI is InChI=1S/C41H27N3/c1-4-17-35-31(14-1)32-15-2-5-18-36(32)41(35,40-21-8-10-25-43-40)29-12-11-13-30(27-29)44-38-20-6-3-16-33(38)34-23-22-28(26-39(34)44)37-19-7-9-24-42-37/h1-27H. The minimum absolute atomic E-state index is 0.553. The van der Waals surface area contributed by atoms with Gasteiger partial charge in [0, 0.05) is 34.4 Å². The maximum absolute atomic E-state index is 5.03. The minimum Gasteiger partial charge on any atom is -0.309 e. The van der Waals surface area contributed by atoms with E-state index in [-0.39, 0.29) is 0 Å². The molecule has 3 nitrogen and oxygen atoms in total. The summed E-state index contributed by atoms with van der Waals surface area (Å²) in [5.74, 6) is 0. The summed E-state index contributed by atoms with van der Waals surface area (Å²) in [7, 11) is 0. The van der Waals surface area contributed by atoms with Gasteiger partial charge in [-0.3, -0.25) is 9.97 Å². The first-order valence-corrected chi connectivity index (χ1v) is 15.0. The van der Waals surface area contributed by atoms with Crippen LogP contribution in [-0.4, -0.2) is 14.5 Å². The summed E-state index contributed by atoms with van der Waals surface area (Å²) in [4.78, 5) is 9.68. The summed E-state index contributed by atoms with van der Waals surface area (Å²) >= 11 is 0. The Hall–Kier alpha value is -5.80. The molecule has 0 saturated carbocycles. The monoisotopic (exact) mass is 561 g/mol. The van der Waals surface area contributed by atoms with Gasteiger partial charge in [0.05, 0.1) is 27.8 Å². The van der Waals surface area contributed by atoms with E-state index in [1.54, 1.807) is 0 Å². The predicted molar refractivity (Wildman–Crippen MR) is 179 cm³/mol. The molecule has 3 aromatic heterocycles. The third-order valence-corrected chi connectivity index (χ3v) is 9.17. The molecule has 0 aliphatic heterocycles. The molecule has 3 heterocycles. The van der Waals surface area contributed by atoms with Crippen LogP contribution >= 0.6 is 0 Å². The van der Waals surface area contributed by atoms with Crippen LogP contribution in [0.4, 0.5) is 0 Å². The van der Waals surface area contributed by atoms with Crippen molar-refractivity contribution in [2.24, 2.45) is 0 Å². The maximum atomic E-state index is 5.03. The zero-order valence-corrected chi connectivity index (χ0v) is 23.9. The van der Waals surface area contributed by atoms with Crippen molar-refractivity contribution in [3.63, 3.8) is 0 Å². The van der Waals surface area contributed by atoms with Crippen molar-refractivity contribution < 1.29 is 0 Å². The molecule has 0 N–H and O–H groups in total. The van der Waals surface area contributed by atoms with Crippen LogP contribution in [0.1, 0.15) is 22.4 Å². The number of fused-ring (bicyclic) bond motifs is 6. The molecule has 1 aliphatic carbocycles. The van der Waals surface area contributed by atoms with E-state index in [1.165, 1.54) is 44.1 Å². The Morgan fingerprint density at radius 1 is 0.477 bits per heavy atom. The van der Waals surface area contributed by atoms with Crippen molar-refractivity contribution in [1.29, 1.82) is 0 Å². The van der Waals surface area contributed by atoms with Crippen molar-refractivity contribution in [3.8, 4) is 28.1 Å². The molecule has 0 amide bonds. The Balaban J connectivity index is 1.35. The Morgan fingerprint density at radius 3 is 1.91 bits per heavy atom. The average Bonchev–Trinajstić information content (AvgIpc) is 3.60. The van der Waals surface area contributed by atoms with Crippen molar-refractivity contribution in [1.82, 2.24) is 14.5 Å². The van der Waals surface area contributed by atoms with Crippen LogP contribution in [0.2, 0.25) is 0 Å². The van der Waals surface area contributed by atoms with Gasteiger partial charge in [-0.2, -0.15) is 0 Å². The van der Waals surface area contributed by atoms with Crippen molar-refractivity contribution >= 4 is 21.8 Å². The third kappa shape index (κ3) is 3.44. The Labute approximate surface area is 255 Å². The molecule has 8 aromatic rings. The zero-order valence-electron chi connectivity index (χ0n) is 23.9. The maximum Gasteiger partial charge on any atom is 0.0886 e. The second-order valence-corrected chi connectivity index (χ2v) is 11.4. The average molecular weight is 562 g/mol. The van der Waals surface area contributed by atoms with Crippen molar-refractivity contribution in [2.45, 2.75) is 5.41 Å². The summed E-state index contributed by atoms with van der Waals surface area (Å²) in [6.07, 6.45) is 3.77. The molecule has 5 aromatic carbocycles. The number of nitrogens with zero attached hydrogens (tertiary/aromatic N) is 3. The van der Waals surface area contributed by atoms with E-state index in [9.17, 15) is 0 Å². The second kappa shape index (κ2) is 9.62. The highest BCUT2D eigenvalue weighted by Gasteiger charge is 2.47. The topological polar surface area (TPSA) is 30.7 Å². The summed E-state index contributed by atoms with van der Waals surface area (Å²) in [6.45, 7) is 0. The number of rotatable bonds is 4. The van der Waals surface area contributed by atoms with Crippen LogP contribution < -0.4 is 0 Å². The fourth-order valence-electron chi connectivity index (χ4n) is 7.37. The Kier molecular flexibility index (Phi) is 5.41. The van der Waals surface area contributed by atoms with Gasteiger partial charge in [-0.1, -0.05) is 103 Å². The molecular weight excluding hydrogens is 534 g/mol. The summed E-state index contributed by atoms with van der Waals surface area (Å²) < 4.78 is 2.40. The molecule has 3 heteroatoms. The molecular formula is C41H27N3. The number of pyridine rings is 2. The first kappa shape index (κ1) is 24.8. The Morgan fingerprint density at radius 2 is 1.16 bits per heavy atom. The van der Waals surface area contributed by atoms with E-state index in [2.05, 4.69) is 143 Å². The zero-order chi connectivity index (χ0) is 29.1. The fraction of sp³-hybridized carbons (Fsp3) is 0.0244. The summed E-state index contributed by atoms with van der Waals surface area (Å²) in [5.41, 5.74) is 12.2. The van der Waals surface area contributed by atoms with Gasteiger partial charge in [-0.15, -0.1) is 0 Å². The normalized spacial score (nSPS) is 13.2. The highest BCUT2D eigenvalue weighted by molar-refractivity contribution is 6.10. The Bertz CT molecular complexity index is 2290. The first-order chi connectivity index (χ1) is 21.8. The lowest BCUT2D eigenvalue weighted by atomic mass is 9.69. The van der Waals surface area contributed by atoms with Gasteiger partial charge < -0.3 is 4.57 Å². The molecule has 0 fully saturated rings. The van der Waals surface area contributed by atoms with Crippen LogP contribution in [0.15, 0.2) is 164 Å². The smallest absolute Gasteiger partial charge is 0.0886 e. The van der Waals surface area contributed by atoms with Crippen LogP contribution in [0, 0.1) is 0 Å².